The van der Waals surface area contributed by atoms with Crippen LogP contribution in [0.3, 0.4) is 0 Å². The summed E-state index contributed by atoms with van der Waals surface area (Å²) in [6.45, 7) is 3.91. The summed E-state index contributed by atoms with van der Waals surface area (Å²) < 4.78 is 3.16. The van der Waals surface area contributed by atoms with E-state index in [1.165, 1.54) is 4.68 Å². The summed E-state index contributed by atoms with van der Waals surface area (Å²) in [7, 11) is 1.62. The molecular weight excluding hydrogens is 382 g/mol. The van der Waals surface area contributed by atoms with E-state index >= 15 is 0 Å². The average molecular weight is 409 g/mol. The Balaban J connectivity index is 1.60. The number of amides is 2. The van der Waals surface area contributed by atoms with Crippen LogP contribution in [0, 0.1) is 0 Å². The van der Waals surface area contributed by atoms with Crippen LogP contribution in [0.15, 0.2) is 35.3 Å². The molecule has 0 unspecified atom stereocenters. The first-order valence-electron chi connectivity index (χ1n) is 10.5. The number of para-hydroxylation sites is 1. The molecule has 2 amide bonds. The maximum Gasteiger partial charge on any atom is 0.291 e. The molecule has 1 fully saturated rings. The van der Waals surface area contributed by atoms with Crippen molar-refractivity contribution in [2.45, 2.75) is 38.6 Å². The second-order valence-electron chi connectivity index (χ2n) is 7.78. The highest BCUT2D eigenvalue weighted by Crippen LogP contribution is 2.30. The number of hydrogen-bond acceptors (Lipinski definition) is 4. The van der Waals surface area contributed by atoms with Crippen LogP contribution in [-0.2, 0) is 16.6 Å². The lowest BCUT2D eigenvalue weighted by Gasteiger charge is -2.20. The predicted molar refractivity (Wildman–Crippen MR) is 115 cm³/mol. The highest BCUT2D eigenvalue weighted by Gasteiger charge is 2.25. The fourth-order valence-electron chi connectivity index (χ4n) is 4.34. The Labute approximate surface area is 174 Å². The van der Waals surface area contributed by atoms with E-state index in [0.29, 0.717) is 37.9 Å². The Morgan fingerprint density at radius 1 is 1.23 bits per heavy atom. The summed E-state index contributed by atoms with van der Waals surface area (Å²) in [5, 5.41) is 8.84. The van der Waals surface area contributed by atoms with Gasteiger partial charge in [-0.05, 0) is 25.3 Å². The van der Waals surface area contributed by atoms with Crippen LogP contribution < -0.4 is 10.9 Å². The number of carbonyl (C=O) groups is 2. The molecular formula is C22H27N5O3. The molecule has 1 atom stereocenters. The third-order valence-corrected chi connectivity index (χ3v) is 5.88. The summed E-state index contributed by atoms with van der Waals surface area (Å²) in [6, 6.07) is 7.21. The predicted octanol–water partition coefficient (Wildman–Crippen LogP) is 1.97. The van der Waals surface area contributed by atoms with E-state index in [1.807, 2.05) is 40.7 Å². The molecule has 30 heavy (non-hydrogen) atoms. The van der Waals surface area contributed by atoms with Crippen molar-refractivity contribution in [1.82, 2.24) is 24.6 Å². The monoisotopic (exact) mass is 409 g/mol. The number of carbonyl (C=O) groups excluding carboxylic acids is 2. The van der Waals surface area contributed by atoms with E-state index in [0.717, 1.165) is 29.3 Å². The van der Waals surface area contributed by atoms with E-state index < -0.39 is 6.04 Å². The maximum atomic E-state index is 13.1. The van der Waals surface area contributed by atoms with Crippen LogP contribution in [0.25, 0.3) is 21.8 Å². The lowest BCUT2D eigenvalue weighted by molar-refractivity contribution is -0.127. The lowest BCUT2D eigenvalue weighted by Crippen LogP contribution is -2.35. The molecule has 0 aliphatic carbocycles. The van der Waals surface area contributed by atoms with Crippen molar-refractivity contribution >= 4 is 33.6 Å². The summed E-state index contributed by atoms with van der Waals surface area (Å²) >= 11 is 0. The van der Waals surface area contributed by atoms with Gasteiger partial charge in [0, 0.05) is 43.9 Å². The summed E-state index contributed by atoms with van der Waals surface area (Å²) in [6.07, 6.45) is 4.50. The Bertz CT molecular complexity index is 1160. The second-order valence-corrected chi connectivity index (χ2v) is 7.78. The minimum absolute atomic E-state index is 0.119. The van der Waals surface area contributed by atoms with Gasteiger partial charge in [0.2, 0.25) is 11.8 Å². The van der Waals surface area contributed by atoms with Gasteiger partial charge in [0.1, 0.15) is 11.6 Å². The minimum atomic E-state index is -0.504. The van der Waals surface area contributed by atoms with Crippen molar-refractivity contribution in [2.24, 2.45) is 7.05 Å². The number of nitrogens with zero attached hydrogens (tertiary/aromatic N) is 4. The van der Waals surface area contributed by atoms with Gasteiger partial charge >= 0.3 is 0 Å². The van der Waals surface area contributed by atoms with Crippen molar-refractivity contribution in [1.29, 1.82) is 0 Å². The largest absolute Gasteiger partial charge is 0.354 e. The summed E-state index contributed by atoms with van der Waals surface area (Å²) in [5.74, 6) is 0.0780. The summed E-state index contributed by atoms with van der Waals surface area (Å²) in [5.41, 5.74) is 1.13. The number of aromatic nitrogens is 3. The fraction of sp³-hybridized carbons (Fsp3) is 0.455. The number of rotatable bonds is 7. The van der Waals surface area contributed by atoms with Crippen LogP contribution >= 0.6 is 0 Å². The van der Waals surface area contributed by atoms with Crippen molar-refractivity contribution in [3.63, 3.8) is 0 Å². The third-order valence-electron chi connectivity index (χ3n) is 5.88. The zero-order chi connectivity index (χ0) is 21.3. The topological polar surface area (TPSA) is 89.2 Å². The molecule has 1 N–H and O–H groups in total. The van der Waals surface area contributed by atoms with Crippen LogP contribution in [-0.4, -0.2) is 50.7 Å². The van der Waals surface area contributed by atoms with Crippen LogP contribution in [0.5, 0.6) is 0 Å². The molecule has 3 aromatic rings. The number of benzene rings is 1. The Kier molecular flexibility index (Phi) is 5.57. The van der Waals surface area contributed by atoms with Crippen molar-refractivity contribution < 1.29 is 9.59 Å². The van der Waals surface area contributed by atoms with Crippen molar-refractivity contribution in [2.75, 3.05) is 19.6 Å². The minimum Gasteiger partial charge on any atom is -0.354 e. The van der Waals surface area contributed by atoms with Crippen molar-refractivity contribution in [3.8, 4) is 0 Å². The normalized spacial score (nSPS) is 15.3. The van der Waals surface area contributed by atoms with E-state index in [-0.39, 0.29) is 17.4 Å². The standard InChI is InChI=1S/C22H27N5O3/c1-3-17(21(29)23-11-7-13-26-12-6-10-19(26)28)27-18-9-5-4-8-15(18)16-14-24-25(2)22(30)20(16)27/h4-5,8-9,14,17H,3,6-7,10-13H2,1-2H3,(H,23,29)/t17-/m1/s1. The molecule has 3 heterocycles. The van der Waals surface area contributed by atoms with Crippen LogP contribution in [0.1, 0.15) is 38.6 Å². The van der Waals surface area contributed by atoms with Gasteiger partial charge in [-0.2, -0.15) is 5.10 Å². The molecule has 0 saturated carbocycles. The molecule has 1 aliphatic heterocycles. The van der Waals surface area contributed by atoms with Gasteiger partial charge in [-0.15, -0.1) is 0 Å². The maximum absolute atomic E-state index is 13.1. The van der Waals surface area contributed by atoms with E-state index in [4.69, 9.17) is 0 Å². The fourth-order valence-corrected chi connectivity index (χ4v) is 4.34. The zero-order valence-electron chi connectivity index (χ0n) is 17.4. The van der Waals surface area contributed by atoms with Gasteiger partial charge in [-0.1, -0.05) is 25.1 Å². The molecule has 1 aromatic carbocycles. The average Bonchev–Trinajstić information content (AvgIpc) is 3.30. The lowest BCUT2D eigenvalue weighted by atomic mass is 10.2. The van der Waals surface area contributed by atoms with Gasteiger partial charge in [-0.25, -0.2) is 4.68 Å². The molecule has 8 nitrogen and oxygen atoms in total. The Morgan fingerprint density at radius 2 is 2.03 bits per heavy atom. The molecule has 4 rings (SSSR count). The molecule has 0 radical (unpaired) electrons. The number of nitrogens with one attached hydrogen (secondary N) is 1. The first-order valence-corrected chi connectivity index (χ1v) is 10.5. The number of hydrogen-bond donors (Lipinski definition) is 1. The molecule has 158 valence electrons. The third kappa shape index (κ3) is 3.46. The van der Waals surface area contributed by atoms with Crippen LogP contribution in [0.4, 0.5) is 0 Å². The van der Waals surface area contributed by atoms with E-state index in [9.17, 15) is 14.4 Å². The van der Waals surface area contributed by atoms with Gasteiger partial charge in [0.05, 0.1) is 11.7 Å². The van der Waals surface area contributed by atoms with Gasteiger partial charge in [0.25, 0.3) is 5.56 Å². The molecule has 2 aromatic heterocycles. The number of aryl methyl sites for hydroxylation is 1. The zero-order valence-corrected chi connectivity index (χ0v) is 17.4. The Hall–Kier alpha value is -3.16. The number of fused-ring (bicyclic) bond motifs is 3. The molecule has 1 saturated heterocycles. The highest BCUT2D eigenvalue weighted by atomic mass is 16.2. The smallest absolute Gasteiger partial charge is 0.291 e. The van der Waals surface area contributed by atoms with Gasteiger partial charge in [0.15, 0.2) is 0 Å². The van der Waals surface area contributed by atoms with Crippen LogP contribution in [0.2, 0.25) is 0 Å². The Morgan fingerprint density at radius 3 is 2.77 bits per heavy atom. The molecule has 8 heteroatoms. The van der Waals surface area contributed by atoms with E-state index in [1.54, 1.807) is 13.2 Å². The number of likely N-dealkylation sites (tertiary alicyclic amines) is 1. The summed E-state index contributed by atoms with van der Waals surface area (Å²) in [4.78, 5) is 39.6. The second kappa shape index (κ2) is 8.30. The highest BCUT2D eigenvalue weighted by molar-refractivity contribution is 6.08. The van der Waals surface area contributed by atoms with Crippen molar-refractivity contribution in [3.05, 3.63) is 40.8 Å². The molecule has 0 spiro atoms. The first kappa shape index (κ1) is 20.1. The molecule has 1 aliphatic rings. The quantitative estimate of drug-likeness (QED) is 0.604. The molecule has 0 bridgehead atoms. The first-order chi connectivity index (χ1) is 14.5. The van der Waals surface area contributed by atoms with E-state index in [2.05, 4.69) is 10.4 Å². The van der Waals surface area contributed by atoms with Gasteiger partial charge < -0.3 is 14.8 Å². The SMILES string of the molecule is CC[C@H](C(=O)NCCCN1CCCC1=O)n1c2ccccc2c2cnn(C)c(=O)c21. The van der Waals surface area contributed by atoms with Gasteiger partial charge in [-0.3, -0.25) is 14.4 Å².